The molecule has 114 valence electrons. The Morgan fingerprint density at radius 1 is 1.38 bits per heavy atom. The Labute approximate surface area is 124 Å². The van der Waals surface area contributed by atoms with Crippen LogP contribution >= 0.6 is 0 Å². The number of nitrogens with zero attached hydrogens (tertiary/aromatic N) is 3. The summed E-state index contributed by atoms with van der Waals surface area (Å²) in [4.78, 5) is 10.3. The number of benzene rings is 1. The van der Waals surface area contributed by atoms with Gasteiger partial charge in [-0.15, -0.1) is 0 Å². The van der Waals surface area contributed by atoms with Crippen molar-refractivity contribution in [2.24, 2.45) is 0 Å². The average Bonchev–Trinajstić information content (AvgIpc) is 2.41. The standard InChI is InChI=1S/C13H17N3O4S/c1-4-15(7-5-6-14)21(19,20)12-8-10(2)11(3)13(9-12)16(17)18/h8-9H,4-5,7H2,1-3H3. The Morgan fingerprint density at radius 3 is 2.48 bits per heavy atom. The van der Waals surface area contributed by atoms with E-state index in [2.05, 4.69) is 0 Å². The molecular formula is C13H17N3O4S. The molecule has 0 bridgehead atoms. The minimum Gasteiger partial charge on any atom is -0.258 e. The topological polar surface area (TPSA) is 104 Å². The highest BCUT2D eigenvalue weighted by Crippen LogP contribution is 2.27. The zero-order valence-electron chi connectivity index (χ0n) is 12.2. The number of rotatable bonds is 6. The maximum absolute atomic E-state index is 12.5. The molecule has 0 N–H and O–H groups in total. The molecule has 1 aromatic carbocycles. The lowest BCUT2D eigenvalue weighted by Gasteiger charge is -2.19. The van der Waals surface area contributed by atoms with Crippen LogP contribution in [-0.4, -0.2) is 30.7 Å². The first kappa shape index (κ1) is 17.1. The minimum atomic E-state index is -3.84. The lowest BCUT2D eigenvalue weighted by molar-refractivity contribution is -0.385. The molecule has 21 heavy (non-hydrogen) atoms. The van der Waals surface area contributed by atoms with E-state index >= 15 is 0 Å². The minimum absolute atomic E-state index is 0.0655. The molecule has 1 rings (SSSR count). The monoisotopic (exact) mass is 311 g/mol. The smallest absolute Gasteiger partial charge is 0.258 e. The summed E-state index contributed by atoms with van der Waals surface area (Å²) < 4.78 is 26.1. The van der Waals surface area contributed by atoms with Crippen molar-refractivity contribution in [3.05, 3.63) is 33.4 Å². The second-order valence-corrected chi connectivity index (χ2v) is 6.48. The first-order valence-electron chi connectivity index (χ1n) is 6.38. The van der Waals surface area contributed by atoms with E-state index in [1.54, 1.807) is 20.8 Å². The molecule has 0 aliphatic carbocycles. The van der Waals surface area contributed by atoms with Crippen LogP contribution in [0.3, 0.4) is 0 Å². The molecular weight excluding hydrogens is 294 g/mol. The van der Waals surface area contributed by atoms with Gasteiger partial charge in [0.2, 0.25) is 10.0 Å². The highest BCUT2D eigenvalue weighted by Gasteiger charge is 2.26. The second kappa shape index (κ2) is 6.65. The van der Waals surface area contributed by atoms with Crippen LogP contribution in [0.4, 0.5) is 5.69 Å². The van der Waals surface area contributed by atoms with Crippen LogP contribution in [0.2, 0.25) is 0 Å². The Balaban J connectivity index is 3.38. The van der Waals surface area contributed by atoms with Gasteiger partial charge in [-0.2, -0.15) is 9.57 Å². The van der Waals surface area contributed by atoms with Gasteiger partial charge in [-0.3, -0.25) is 10.1 Å². The molecule has 0 aliphatic rings. The predicted molar refractivity (Wildman–Crippen MR) is 77.2 cm³/mol. The Morgan fingerprint density at radius 2 is 2.00 bits per heavy atom. The van der Waals surface area contributed by atoms with Crippen molar-refractivity contribution in [1.29, 1.82) is 5.26 Å². The summed E-state index contributed by atoms with van der Waals surface area (Å²) in [6.07, 6.45) is 0.0695. The van der Waals surface area contributed by atoms with Crippen LogP contribution in [0.1, 0.15) is 24.5 Å². The highest BCUT2D eigenvalue weighted by molar-refractivity contribution is 7.89. The molecule has 0 aromatic heterocycles. The molecule has 0 unspecified atom stereocenters. The van der Waals surface area contributed by atoms with Crippen molar-refractivity contribution in [2.75, 3.05) is 13.1 Å². The van der Waals surface area contributed by atoms with E-state index in [1.807, 2.05) is 6.07 Å². The fraction of sp³-hybridized carbons (Fsp3) is 0.462. The summed E-state index contributed by atoms with van der Waals surface area (Å²) >= 11 is 0. The van der Waals surface area contributed by atoms with Gasteiger partial charge in [-0.25, -0.2) is 8.42 Å². The van der Waals surface area contributed by atoms with Crippen molar-refractivity contribution < 1.29 is 13.3 Å². The van der Waals surface area contributed by atoms with Crippen LogP contribution in [0.15, 0.2) is 17.0 Å². The molecule has 0 spiro atoms. The van der Waals surface area contributed by atoms with Gasteiger partial charge in [0, 0.05) is 31.1 Å². The van der Waals surface area contributed by atoms with Crippen molar-refractivity contribution in [2.45, 2.75) is 32.1 Å². The van der Waals surface area contributed by atoms with Gasteiger partial charge in [-0.1, -0.05) is 6.92 Å². The number of hydrogen-bond donors (Lipinski definition) is 0. The van der Waals surface area contributed by atoms with E-state index in [0.29, 0.717) is 11.1 Å². The van der Waals surface area contributed by atoms with Crippen molar-refractivity contribution in [3.8, 4) is 6.07 Å². The highest BCUT2D eigenvalue weighted by atomic mass is 32.2. The third-order valence-electron chi connectivity index (χ3n) is 3.27. The normalized spacial score (nSPS) is 11.4. The van der Waals surface area contributed by atoms with Gasteiger partial charge in [0.05, 0.1) is 15.9 Å². The van der Waals surface area contributed by atoms with E-state index in [4.69, 9.17) is 5.26 Å². The van der Waals surface area contributed by atoms with Crippen LogP contribution in [0.25, 0.3) is 0 Å². The zero-order chi connectivity index (χ0) is 16.2. The largest absolute Gasteiger partial charge is 0.273 e. The molecule has 0 aliphatic heterocycles. The van der Waals surface area contributed by atoms with Crippen LogP contribution in [-0.2, 0) is 10.0 Å². The molecule has 0 heterocycles. The van der Waals surface area contributed by atoms with E-state index in [1.165, 1.54) is 6.07 Å². The maximum atomic E-state index is 12.5. The summed E-state index contributed by atoms with van der Waals surface area (Å²) in [5.74, 6) is 0. The number of nitro groups is 1. The quantitative estimate of drug-likeness (QED) is 0.591. The van der Waals surface area contributed by atoms with Gasteiger partial charge in [0.25, 0.3) is 5.69 Å². The molecule has 8 heteroatoms. The Kier molecular flexibility index (Phi) is 5.41. The second-order valence-electron chi connectivity index (χ2n) is 4.55. The first-order valence-corrected chi connectivity index (χ1v) is 7.82. The van der Waals surface area contributed by atoms with Crippen LogP contribution < -0.4 is 0 Å². The van der Waals surface area contributed by atoms with Gasteiger partial charge >= 0.3 is 0 Å². The molecule has 1 aromatic rings. The summed E-state index contributed by atoms with van der Waals surface area (Å²) in [7, 11) is -3.84. The van der Waals surface area contributed by atoms with Crippen LogP contribution in [0, 0.1) is 35.3 Å². The van der Waals surface area contributed by atoms with Crippen molar-refractivity contribution in [3.63, 3.8) is 0 Å². The first-order chi connectivity index (χ1) is 9.75. The molecule has 0 radical (unpaired) electrons. The van der Waals surface area contributed by atoms with Gasteiger partial charge in [-0.05, 0) is 25.5 Å². The molecule has 0 fully saturated rings. The Hall–Kier alpha value is -1.98. The third kappa shape index (κ3) is 3.56. The number of nitro benzene ring substituents is 1. The third-order valence-corrected chi connectivity index (χ3v) is 5.23. The molecule has 0 saturated carbocycles. The zero-order valence-corrected chi connectivity index (χ0v) is 13.0. The lowest BCUT2D eigenvalue weighted by atomic mass is 10.1. The lowest BCUT2D eigenvalue weighted by Crippen LogP contribution is -2.31. The number of hydrogen-bond acceptors (Lipinski definition) is 5. The summed E-state index contributed by atoms with van der Waals surface area (Å²) in [5.41, 5.74) is 0.767. The van der Waals surface area contributed by atoms with Gasteiger partial charge in [0.15, 0.2) is 0 Å². The molecule has 0 atom stereocenters. The van der Waals surface area contributed by atoms with Gasteiger partial charge in [0.1, 0.15) is 0 Å². The fourth-order valence-corrected chi connectivity index (χ4v) is 3.47. The van der Waals surface area contributed by atoms with E-state index in [9.17, 15) is 18.5 Å². The summed E-state index contributed by atoms with van der Waals surface area (Å²) in [6, 6.07) is 4.39. The Bertz CT molecular complexity index is 692. The number of nitriles is 1. The maximum Gasteiger partial charge on any atom is 0.273 e. The molecule has 0 amide bonds. The average molecular weight is 311 g/mol. The predicted octanol–water partition coefficient (Wildman–Crippen LogP) is 2.14. The van der Waals surface area contributed by atoms with Crippen molar-refractivity contribution >= 4 is 15.7 Å². The summed E-state index contributed by atoms with van der Waals surface area (Å²) in [6.45, 7) is 5.13. The van der Waals surface area contributed by atoms with E-state index < -0.39 is 14.9 Å². The van der Waals surface area contributed by atoms with Crippen LogP contribution in [0.5, 0.6) is 0 Å². The van der Waals surface area contributed by atoms with Gasteiger partial charge < -0.3 is 0 Å². The molecule has 7 nitrogen and oxygen atoms in total. The van der Waals surface area contributed by atoms with E-state index in [-0.39, 0.29) is 30.1 Å². The molecule has 0 saturated heterocycles. The SMILES string of the molecule is CCN(CCC#N)S(=O)(=O)c1cc(C)c(C)c([N+](=O)[O-])c1. The van der Waals surface area contributed by atoms with Crippen molar-refractivity contribution in [1.82, 2.24) is 4.31 Å². The summed E-state index contributed by atoms with van der Waals surface area (Å²) in [5, 5.41) is 19.6. The van der Waals surface area contributed by atoms with E-state index in [0.717, 1.165) is 10.4 Å². The fourth-order valence-electron chi connectivity index (χ4n) is 1.92. The number of sulfonamides is 1. The number of aryl methyl sites for hydroxylation is 1.